The molecule has 7 nitrogen and oxygen atoms in total. The smallest absolute Gasteiger partial charge is 0.227 e. The molecule has 3 aliphatic rings. The van der Waals surface area contributed by atoms with E-state index >= 15 is 0 Å². The van der Waals surface area contributed by atoms with Crippen molar-refractivity contribution in [3.8, 4) is 0 Å². The first-order valence-corrected chi connectivity index (χ1v) is 9.80. The molecule has 2 amide bonds. The largest absolute Gasteiger partial charge is 0.348 e. The molecule has 5 rings (SSSR count). The molecule has 1 atom stereocenters. The number of anilines is 1. The molecule has 0 saturated carbocycles. The second-order valence-electron chi connectivity index (χ2n) is 7.72. The second-order valence-corrected chi connectivity index (χ2v) is 7.72. The molecule has 7 heteroatoms. The standard InChI is InChI=1S/C20H23N5O2/c26-19-10-15(12-25(19)16-7-6-13-3-1-4-14(13)9-16)20(27)21-11-18-23-22-17-5-2-8-24(17)18/h6-7,9,15H,1-5,8,10-12H2,(H,21,27)/t15-/m1/s1. The Morgan fingerprint density at radius 3 is 2.96 bits per heavy atom. The van der Waals surface area contributed by atoms with Gasteiger partial charge in [0.2, 0.25) is 11.8 Å². The predicted molar refractivity (Wildman–Crippen MR) is 99.1 cm³/mol. The zero-order valence-corrected chi connectivity index (χ0v) is 15.3. The van der Waals surface area contributed by atoms with Crippen molar-refractivity contribution < 1.29 is 9.59 Å². The van der Waals surface area contributed by atoms with E-state index in [0.717, 1.165) is 49.6 Å². The van der Waals surface area contributed by atoms with Gasteiger partial charge in [-0.15, -0.1) is 10.2 Å². The molecule has 1 aromatic heterocycles. The summed E-state index contributed by atoms with van der Waals surface area (Å²) < 4.78 is 2.08. The van der Waals surface area contributed by atoms with Crippen LogP contribution in [0.4, 0.5) is 5.69 Å². The molecule has 1 N–H and O–H groups in total. The molecule has 27 heavy (non-hydrogen) atoms. The van der Waals surface area contributed by atoms with Crippen LogP contribution in [0.2, 0.25) is 0 Å². The van der Waals surface area contributed by atoms with Crippen LogP contribution in [0.1, 0.15) is 42.0 Å². The lowest BCUT2D eigenvalue weighted by molar-refractivity contribution is -0.126. The van der Waals surface area contributed by atoms with E-state index in [9.17, 15) is 9.59 Å². The van der Waals surface area contributed by atoms with Crippen LogP contribution in [0.25, 0.3) is 0 Å². The van der Waals surface area contributed by atoms with E-state index in [4.69, 9.17) is 0 Å². The zero-order valence-electron chi connectivity index (χ0n) is 15.3. The van der Waals surface area contributed by atoms with Crippen molar-refractivity contribution in [3.63, 3.8) is 0 Å². The third kappa shape index (κ3) is 2.91. The molecule has 1 aromatic carbocycles. The van der Waals surface area contributed by atoms with E-state index in [1.807, 2.05) is 6.07 Å². The summed E-state index contributed by atoms with van der Waals surface area (Å²) in [5.41, 5.74) is 3.65. The van der Waals surface area contributed by atoms with Crippen molar-refractivity contribution in [1.82, 2.24) is 20.1 Å². The third-order valence-electron chi connectivity index (χ3n) is 6.00. The number of amides is 2. The number of carbonyl (C=O) groups is 2. The maximum absolute atomic E-state index is 12.6. The number of hydrogen-bond donors (Lipinski definition) is 1. The highest BCUT2D eigenvalue weighted by atomic mass is 16.2. The summed E-state index contributed by atoms with van der Waals surface area (Å²) in [6.45, 7) is 1.73. The Labute approximate surface area is 157 Å². The Kier molecular flexibility index (Phi) is 3.95. The average molecular weight is 365 g/mol. The number of carbonyl (C=O) groups excluding carboxylic acids is 2. The van der Waals surface area contributed by atoms with Crippen LogP contribution in [-0.4, -0.2) is 33.1 Å². The van der Waals surface area contributed by atoms with Gasteiger partial charge in [0.25, 0.3) is 0 Å². The van der Waals surface area contributed by atoms with Gasteiger partial charge in [-0.05, 0) is 48.9 Å². The number of nitrogens with zero attached hydrogens (tertiary/aromatic N) is 4. The maximum atomic E-state index is 12.6. The molecule has 2 aromatic rings. The van der Waals surface area contributed by atoms with E-state index < -0.39 is 0 Å². The highest BCUT2D eigenvalue weighted by molar-refractivity contribution is 6.00. The van der Waals surface area contributed by atoms with Gasteiger partial charge >= 0.3 is 0 Å². The number of rotatable bonds is 4. The Morgan fingerprint density at radius 1 is 1.15 bits per heavy atom. The first kappa shape index (κ1) is 16.5. The second kappa shape index (κ2) is 6.48. The molecule has 0 unspecified atom stereocenters. The van der Waals surface area contributed by atoms with Gasteiger partial charge < -0.3 is 14.8 Å². The highest BCUT2D eigenvalue weighted by Gasteiger charge is 2.35. The van der Waals surface area contributed by atoms with Gasteiger partial charge in [-0.3, -0.25) is 9.59 Å². The van der Waals surface area contributed by atoms with Crippen molar-refractivity contribution in [2.45, 2.75) is 51.6 Å². The summed E-state index contributed by atoms with van der Waals surface area (Å²) >= 11 is 0. The van der Waals surface area contributed by atoms with E-state index in [1.165, 1.54) is 17.5 Å². The minimum atomic E-state index is -0.313. The van der Waals surface area contributed by atoms with Crippen molar-refractivity contribution in [2.24, 2.45) is 5.92 Å². The summed E-state index contributed by atoms with van der Waals surface area (Å²) in [5, 5.41) is 11.3. The lowest BCUT2D eigenvalue weighted by Gasteiger charge is -2.18. The Morgan fingerprint density at radius 2 is 2.04 bits per heavy atom. The first-order chi connectivity index (χ1) is 13.2. The minimum Gasteiger partial charge on any atom is -0.348 e. The number of nitrogens with one attached hydrogen (secondary N) is 1. The molecular formula is C20H23N5O2. The normalized spacial score (nSPS) is 20.8. The topological polar surface area (TPSA) is 80.1 Å². The lowest BCUT2D eigenvalue weighted by Crippen LogP contribution is -2.33. The summed E-state index contributed by atoms with van der Waals surface area (Å²) in [6, 6.07) is 6.27. The zero-order chi connectivity index (χ0) is 18.4. The van der Waals surface area contributed by atoms with Crippen LogP contribution in [0.5, 0.6) is 0 Å². The maximum Gasteiger partial charge on any atom is 0.227 e. The van der Waals surface area contributed by atoms with E-state index in [-0.39, 0.29) is 24.2 Å². The van der Waals surface area contributed by atoms with Crippen LogP contribution in [0.3, 0.4) is 0 Å². The van der Waals surface area contributed by atoms with Gasteiger partial charge in [-0.25, -0.2) is 0 Å². The summed E-state index contributed by atoms with van der Waals surface area (Å²) in [7, 11) is 0. The summed E-state index contributed by atoms with van der Waals surface area (Å²) in [4.78, 5) is 26.9. The minimum absolute atomic E-state index is 0.0245. The fourth-order valence-electron chi connectivity index (χ4n) is 4.51. The molecule has 3 heterocycles. The Hall–Kier alpha value is -2.70. The molecule has 0 radical (unpaired) electrons. The van der Waals surface area contributed by atoms with Crippen LogP contribution in [0.15, 0.2) is 18.2 Å². The van der Waals surface area contributed by atoms with Crippen molar-refractivity contribution in [3.05, 3.63) is 41.0 Å². The van der Waals surface area contributed by atoms with Crippen LogP contribution in [0, 0.1) is 5.92 Å². The van der Waals surface area contributed by atoms with Crippen LogP contribution < -0.4 is 10.2 Å². The third-order valence-corrected chi connectivity index (χ3v) is 6.00. The SMILES string of the molecule is O=C(NCc1nnc2n1CCC2)[C@@H]1CC(=O)N(c2ccc3c(c2)CCC3)C1. The lowest BCUT2D eigenvalue weighted by atomic mass is 10.1. The van der Waals surface area contributed by atoms with Crippen molar-refractivity contribution >= 4 is 17.5 Å². The molecule has 0 bridgehead atoms. The molecule has 1 saturated heterocycles. The van der Waals surface area contributed by atoms with Gasteiger partial charge in [-0.1, -0.05) is 6.07 Å². The van der Waals surface area contributed by atoms with Gasteiger partial charge in [0, 0.05) is 31.6 Å². The molecule has 1 fully saturated rings. The molecule has 2 aliphatic heterocycles. The molecule has 140 valence electrons. The number of aryl methyl sites for hydroxylation is 3. The summed E-state index contributed by atoms with van der Waals surface area (Å²) in [6.07, 6.45) is 5.69. The Bertz CT molecular complexity index is 919. The number of benzene rings is 1. The van der Waals surface area contributed by atoms with Crippen LogP contribution in [-0.2, 0) is 41.9 Å². The van der Waals surface area contributed by atoms with Gasteiger partial charge in [-0.2, -0.15) is 0 Å². The highest BCUT2D eigenvalue weighted by Crippen LogP contribution is 2.30. The average Bonchev–Trinajstić information content (AvgIpc) is 3.43. The number of fused-ring (bicyclic) bond motifs is 2. The predicted octanol–water partition coefficient (Wildman–Crippen LogP) is 1.38. The first-order valence-electron chi connectivity index (χ1n) is 9.80. The van der Waals surface area contributed by atoms with Gasteiger partial charge in [0.05, 0.1) is 12.5 Å². The van der Waals surface area contributed by atoms with E-state index in [0.29, 0.717) is 13.1 Å². The van der Waals surface area contributed by atoms with E-state index in [1.54, 1.807) is 4.90 Å². The van der Waals surface area contributed by atoms with Crippen LogP contribution >= 0.6 is 0 Å². The fourth-order valence-corrected chi connectivity index (χ4v) is 4.51. The molecule has 0 spiro atoms. The summed E-state index contributed by atoms with van der Waals surface area (Å²) in [5.74, 6) is 1.43. The molecular weight excluding hydrogens is 342 g/mol. The van der Waals surface area contributed by atoms with E-state index in [2.05, 4.69) is 32.2 Å². The fraction of sp³-hybridized carbons (Fsp3) is 0.500. The quantitative estimate of drug-likeness (QED) is 0.888. The van der Waals surface area contributed by atoms with Crippen molar-refractivity contribution in [2.75, 3.05) is 11.4 Å². The monoisotopic (exact) mass is 365 g/mol. The van der Waals surface area contributed by atoms with Gasteiger partial charge in [0.1, 0.15) is 5.82 Å². The Balaban J connectivity index is 1.24. The number of hydrogen-bond acceptors (Lipinski definition) is 4. The van der Waals surface area contributed by atoms with Gasteiger partial charge in [0.15, 0.2) is 5.82 Å². The van der Waals surface area contributed by atoms with Crippen molar-refractivity contribution in [1.29, 1.82) is 0 Å². The molecule has 1 aliphatic carbocycles. The number of aromatic nitrogens is 3.